The van der Waals surface area contributed by atoms with Gasteiger partial charge in [0.05, 0.1) is 12.0 Å². The number of carbonyl (C=O) groups is 1. The number of phenolic OH excluding ortho intramolecular Hbond substituents is 4. The van der Waals surface area contributed by atoms with E-state index in [-0.39, 0.29) is 52.2 Å². The lowest BCUT2D eigenvalue weighted by Gasteiger charge is -2.30. The second kappa shape index (κ2) is 8.76. The zero-order valence-corrected chi connectivity index (χ0v) is 18.0. The number of carbonyl (C=O) groups excluding carboxylic acids is 1. The molecule has 0 saturated carbocycles. The van der Waals surface area contributed by atoms with Crippen LogP contribution in [0.5, 0.6) is 28.7 Å². The van der Waals surface area contributed by atoms with Gasteiger partial charge in [0.1, 0.15) is 40.4 Å². The van der Waals surface area contributed by atoms with Crippen LogP contribution in [-0.4, -0.2) is 26.2 Å². The Morgan fingerprint density at radius 2 is 1.77 bits per heavy atom. The molecule has 0 saturated heterocycles. The average molecular weight is 424 g/mol. The molecule has 31 heavy (non-hydrogen) atoms. The molecular formula is C25H28O6. The quantitative estimate of drug-likeness (QED) is 0.468. The maximum absolute atomic E-state index is 12.9. The first-order valence-corrected chi connectivity index (χ1v) is 10.2. The van der Waals surface area contributed by atoms with Gasteiger partial charge in [-0.1, -0.05) is 29.9 Å². The van der Waals surface area contributed by atoms with Crippen LogP contribution in [0.1, 0.15) is 61.2 Å². The largest absolute Gasteiger partial charge is 0.507 e. The molecule has 3 rings (SSSR count). The summed E-state index contributed by atoms with van der Waals surface area (Å²) in [6.45, 7) is 9.96. The maximum atomic E-state index is 12.9. The highest BCUT2D eigenvalue weighted by Crippen LogP contribution is 2.48. The number of Topliss-reactive ketones (excluding diaryl/α,β-unsaturated/α-hetero) is 1. The molecule has 6 heteroatoms. The van der Waals surface area contributed by atoms with Crippen molar-refractivity contribution in [2.24, 2.45) is 5.92 Å². The van der Waals surface area contributed by atoms with E-state index < -0.39 is 11.9 Å². The molecule has 0 fully saturated rings. The highest BCUT2D eigenvalue weighted by molar-refractivity contribution is 6.03. The summed E-state index contributed by atoms with van der Waals surface area (Å²) in [6, 6.07) is 5.44. The predicted octanol–water partition coefficient (Wildman–Crippen LogP) is 5.31. The van der Waals surface area contributed by atoms with Gasteiger partial charge in [0.25, 0.3) is 0 Å². The summed E-state index contributed by atoms with van der Waals surface area (Å²) in [5.74, 6) is -1.29. The van der Waals surface area contributed by atoms with Crippen molar-refractivity contribution in [3.63, 3.8) is 0 Å². The third-order valence-electron chi connectivity index (χ3n) is 5.59. The summed E-state index contributed by atoms with van der Waals surface area (Å²) in [5.41, 5.74) is 2.55. The molecule has 0 amide bonds. The second-order valence-electron chi connectivity index (χ2n) is 8.31. The number of ketones is 1. The second-order valence-corrected chi connectivity index (χ2v) is 8.31. The van der Waals surface area contributed by atoms with Crippen molar-refractivity contribution in [2.45, 2.75) is 46.1 Å². The fraction of sp³-hybridized carbons (Fsp3) is 0.320. The van der Waals surface area contributed by atoms with E-state index in [1.165, 1.54) is 18.2 Å². The van der Waals surface area contributed by atoms with Crippen LogP contribution in [0.3, 0.4) is 0 Å². The van der Waals surface area contributed by atoms with Crippen molar-refractivity contribution in [3.8, 4) is 28.7 Å². The van der Waals surface area contributed by atoms with Gasteiger partial charge in [0.15, 0.2) is 5.78 Å². The van der Waals surface area contributed by atoms with Crippen LogP contribution in [0.25, 0.3) is 0 Å². The number of hydrogen-bond acceptors (Lipinski definition) is 6. The lowest BCUT2D eigenvalue weighted by molar-refractivity contribution is 0.0836. The number of hydrogen-bond donors (Lipinski definition) is 4. The van der Waals surface area contributed by atoms with Crippen LogP contribution in [0.4, 0.5) is 0 Å². The van der Waals surface area contributed by atoms with Crippen molar-refractivity contribution >= 4 is 5.78 Å². The molecule has 2 aromatic rings. The first kappa shape index (κ1) is 22.3. The molecular weight excluding hydrogens is 396 g/mol. The molecule has 2 aromatic carbocycles. The summed E-state index contributed by atoms with van der Waals surface area (Å²) in [7, 11) is 0. The molecule has 0 aromatic heterocycles. The molecule has 1 heterocycles. The van der Waals surface area contributed by atoms with Gasteiger partial charge in [-0.25, -0.2) is 0 Å². The summed E-state index contributed by atoms with van der Waals surface area (Å²) in [4.78, 5) is 12.9. The smallest absolute Gasteiger partial charge is 0.174 e. The summed E-state index contributed by atoms with van der Waals surface area (Å²) < 4.78 is 6.04. The molecule has 0 aliphatic carbocycles. The van der Waals surface area contributed by atoms with Crippen molar-refractivity contribution < 1.29 is 30.0 Å². The van der Waals surface area contributed by atoms with E-state index >= 15 is 0 Å². The van der Waals surface area contributed by atoms with Crippen LogP contribution < -0.4 is 4.74 Å². The van der Waals surface area contributed by atoms with Crippen LogP contribution in [0.15, 0.2) is 48.1 Å². The fourth-order valence-corrected chi connectivity index (χ4v) is 3.84. The zero-order valence-electron chi connectivity index (χ0n) is 18.0. The number of fused-ring (bicyclic) bond motifs is 1. The molecule has 1 aliphatic rings. The van der Waals surface area contributed by atoms with Crippen LogP contribution in [0.2, 0.25) is 0 Å². The lowest BCUT2D eigenvalue weighted by atomic mass is 9.86. The molecule has 2 atom stereocenters. The van der Waals surface area contributed by atoms with Crippen LogP contribution in [0, 0.1) is 5.92 Å². The molecule has 4 N–H and O–H groups in total. The van der Waals surface area contributed by atoms with Crippen LogP contribution >= 0.6 is 0 Å². The first-order valence-electron chi connectivity index (χ1n) is 10.2. The Labute approximate surface area is 181 Å². The molecule has 1 unspecified atom stereocenters. The van der Waals surface area contributed by atoms with E-state index in [0.717, 1.165) is 17.2 Å². The molecule has 6 nitrogen and oxygen atoms in total. The standard InChI is InChI=1S/C25H28O6/c1-13(2)8-9-15(14(3)4)10-16-19(28)11-20(29)24-21(30)12-22(31-25(16)24)23-17(26)6-5-7-18(23)27/h5-8,11,15,22,26-29H,3,9-10,12H2,1-2,4H3/t15?,22-/m0/s1. The average Bonchev–Trinajstić information content (AvgIpc) is 2.66. The number of phenols is 4. The Bertz CT molecular complexity index is 1040. The molecule has 164 valence electrons. The molecule has 0 spiro atoms. The van der Waals surface area contributed by atoms with E-state index in [1.807, 2.05) is 20.8 Å². The summed E-state index contributed by atoms with van der Waals surface area (Å²) in [5, 5.41) is 41.4. The van der Waals surface area contributed by atoms with Gasteiger partial charge >= 0.3 is 0 Å². The van der Waals surface area contributed by atoms with Gasteiger partial charge in [-0.3, -0.25) is 4.79 Å². The number of benzene rings is 2. The SMILES string of the molecule is C=C(C)C(CC=C(C)C)Cc1c(O)cc(O)c2c1O[C@H](c1c(O)cccc1O)CC2=O. The maximum Gasteiger partial charge on any atom is 0.174 e. The highest BCUT2D eigenvalue weighted by Gasteiger charge is 2.36. The topological polar surface area (TPSA) is 107 Å². The van der Waals surface area contributed by atoms with Gasteiger partial charge < -0.3 is 25.2 Å². The Hall–Kier alpha value is -3.41. The number of aromatic hydroxyl groups is 4. The van der Waals surface area contributed by atoms with E-state index in [4.69, 9.17) is 4.74 Å². The summed E-state index contributed by atoms with van der Waals surface area (Å²) in [6.07, 6.45) is 2.00. The third kappa shape index (κ3) is 4.53. The van der Waals surface area contributed by atoms with Gasteiger partial charge in [-0.05, 0) is 51.7 Å². The Morgan fingerprint density at radius 3 is 2.35 bits per heavy atom. The highest BCUT2D eigenvalue weighted by atomic mass is 16.5. The van der Waals surface area contributed by atoms with Crippen molar-refractivity contribution in [3.05, 3.63) is 64.8 Å². The normalized spacial score (nSPS) is 16.2. The van der Waals surface area contributed by atoms with Gasteiger partial charge in [0, 0.05) is 11.6 Å². The van der Waals surface area contributed by atoms with Gasteiger partial charge in [0.2, 0.25) is 0 Å². The fourth-order valence-electron chi connectivity index (χ4n) is 3.84. The van der Waals surface area contributed by atoms with E-state index in [2.05, 4.69) is 12.7 Å². The first-order chi connectivity index (χ1) is 14.6. The monoisotopic (exact) mass is 424 g/mol. The number of allylic oxidation sites excluding steroid dienone is 3. The van der Waals surface area contributed by atoms with Gasteiger partial charge in [-0.15, -0.1) is 0 Å². The van der Waals surface area contributed by atoms with E-state index in [9.17, 15) is 25.2 Å². The van der Waals surface area contributed by atoms with Crippen LogP contribution in [-0.2, 0) is 6.42 Å². The van der Waals surface area contributed by atoms with E-state index in [1.54, 1.807) is 0 Å². The van der Waals surface area contributed by atoms with Crippen molar-refractivity contribution in [1.82, 2.24) is 0 Å². The Morgan fingerprint density at radius 1 is 1.13 bits per heavy atom. The third-order valence-corrected chi connectivity index (χ3v) is 5.59. The molecule has 1 aliphatic heterocycles. The molecule has 0 bridgehead atoms. The van der Waals surface area contributed by atoms with Crippen molar-refractivity contribution in [2.75, 3.05) is 0 Å². The molecule has 0 radical (unpaired) electrons. The minimum Gasteiger partial charge on any atom is -0.507 e. The Balaban J connectivity index is 2.08. The zero-order chi connectivity index (χ0) is 22.9. The van der Waals surface area contributed by atoms with Crippen molar-refractivity contribution in [1.29, 1.82) is 0 Å². The predicted molar refractivity (Wildman–Crippen MR) is 118 cm³/mol. The summed E-state index contributed by atoms with van der Waals surface area (Å²) >= 11 is 0. The lowest BCUT2D eigenvalue weighted by Crippen LogP contribution is -2.22. The van der Waals surface area contributed by atoms with Gasteiger partial charge in [-0.2, -0.15) is 0 Å². The van der Waals surface area contributed by atoms with E-state index in [0.29, 0.717) is 18.4 Å². The minimum absolute atomic E-state index is 0.00152. The minimum atomic E-state index is -0.956. The number of ether oxygens (including phenoxy) is 1. The Kier molecular flexibility index (Phi) is 6.29. The number of rotatable bonds is 6.